The number of benzene rings is 1. The molecule has 0 spiro atoms. The van der Waals surface area contributed by atoms with Crippen LogP contribution < -0.4 is 43.4 Å². The second-order valence-corrected chi connectivity index (χ2v) is 11.8. The molecule has 2 amide bonds. The number of nitrogens with zero attached hydrogens (tertiary/aromatic N) is 3. The molecule has 0 unspecified atom stereocenters. The van der Waals surface area contributed by atoms with Gasteiger partial charge in [-0.2, -0.15) is 4.98 Å². The van der Waals surface area contributed by atoms with Crippen LogP contribution in [0.5, 0.6) is 0 Å². The van der Waals surface area contributed by atoms with E-state index in [0.717, 1.165) is 0 Å². The highest BCUT2D eigenvalue weighted by Crippen LogP contribution is 2.12. The Morgan fingerprint density at radius 2 is 1.55 bits per heavy atom. The van der Waals surface area contributed by atoms with Crippen molar-refractivity contribution in [3.05, 3.63) is 78.1 Å². The zero-order chi connectivity index (χ0) is 38.2. The van der Waals surface area contributed by atoms with Gasteiger partial charge in [0.05, 0.1) is 50.6 Å². The molecule has 4 rings (SSSR count). The van der Waals surface area contributed by atoms with Crippen LogP contribution in [-0.4, -0.2) is 102 Å². The highest BCUT2D eigenvalue weighted by molar-refractivity contribution is 5.97. The molecule has 0 bridgehead atoms. The molecule has 2 aromatic heterocycles. The van der Waals surface area contributed by atoms with Crippen molar-refractivity contribution in [1.29, 1.82) is 0 Å². The Morgan fingerprint density at radius 3 is 2.21 bits per heavy atom. The summed E-state index contributed by atoms with van der Waals surface area (Å²) in [4.78, 5) is 86.1. The van der Waals surface area contributed by atoms with Gasteiger partial charge in [0.15, 0.2) is 11.2 Å². The molecule has 0 saturated heterocycles. The topological polar surface area (TPSA) is 279 Å². The number of aromatic nitrogens is 4. The van der Waals surface area contributed by atoms with Gasteiger partial charge in [0, 0.05) is 49.5 Å². The van der Waals surface area contributed by atoms with Crippen LogP contribution in [0.1, 0.15) is 47.3 Å². The van der Waals surface area contributed by atoms with Crippen LogP contribution in [0.25, 0.3) is 11.2 Å². The number of ether oxygens (including phenoxy) is 3. The van der Waals surface area contributed by atoms with Gasteiger partial charge in [0.25, 0.3) is 11.5 Å². The third-order valence-electron chi connectivity index (χ3n) is 7.82. The summed E-state index contributed by atoms with van der Waals surface area (Å²) < 4.78 is 16.4. The maximum Gasteiger partial charge on any atom is 0.326 e. The van der Waals surface area contributed by atoms with E-state index < -0.39 is 34.3 Å². The fourth-order valence-corrected chi connectivity index (χ4v) is 4.90. The number of nitrogens with two attached hydrogens (primary N) is 1. The van der Waals surface area contributed by atoms with Gasteiger partial charge in [0.1, 0.15) is 6.04 Å². The number of amides is 2. The van der Waals surface area contributed by atoms with Gasteiger partial charge in [-0.05, 0) is 50.5 Å². The molecule has 284 valence electrons. The van der Waals surface area contributed by atoms with Crippen molar-refractivity contribution in [2.24, 2.45) is 0 Å². The van der Waals surface area contributed by atoms with Gasteiger partial charge in [-0.1, -0.05) is 0 Å². The Labute approximate surface area is 302 Å². The third kappa shape index (κ3) is 12.4. The summed E-state index contributed by atoms with van der Waals surface area (Å²) in [5.74, 6) is -2.27. The number of H-pyrrole nitrogens is 1. The molecule has 19 nitrogen and oxygen atoms in total. The lowest BCUT2D eigenvalue weighted by atomic mass is 10.1. The van der Waals surface area contributed by atoms with E-state index in [1.807, 2.05) is 0 Å². The Hall–Kier alpha value is -5.79. The molecule has 0 saturated carbocycles. The molecule has 2 aromatic carbocycles. The molecule has 4 aromatic rings. The minimum Gasteiger partial charge on any atom is -0.480 e. The van der Waals surface area contributed by atoms with Crippen LogP contribution in [0.3, 0.4) is 0 Å². The monoisotopic (exact) mass is 737 g/mol. The van der Waals surface area contributed by atoms with E-state index >= 15 is 0 Å². The lowest BCUT2D eigenvalue weighted by Crippen LogP contribution is -2.41. The summed E-state index contributed by atoms with van der Waals surface area (Å²) >= 11 is 0. The first kappa shape index (κ1) is 40.0. The number of carbonyl (C=O) groups is 3. The van der Waals surface area contributed by atoms with E-state index in [4.69, 9.17) is 19.9 Å². The number of carboxylic acids is 1. The quantitative estimate of drug-likeness (QED) is 0.0363. The van der Waals surface area contributed by atoms with Crippen molar-refractivity contribution < 1.29 is 33.7 Å². The number of hydrogen-bond acceptors (Lipinski definition) is 15. The van der Waals surface area contributed by atoms with Crippen molar-refractivity contribution in [3.8, 4) is 0 Å². The van der Waals surface area contributed by atoms with E-state index in [1.54, 1.807) is 19.1 Å². The molecule has 0 fully saturated rings. The zero-order valence-corrected chi connectivity index (χ0v) is 29.2. The minimum absolute atomic E-state index is 0.0525. The number of rotatable bonds is 24. The molecule has 0 aliphatic heterocycles. The van der Waals surface area contributed by atoms with E-state index in [1.165, 1.54) is 18.3 Å². The van der Waals surface area contributed by atoms with Crippen LogP contribution >= 0.6 is 0 Å². The molecule has 0 aliphatic rings. The summed E-state index contributed by atoms with van der Waals surface area (Å²) in [5, 5.41) is 20.8. The summed E-state index contributed by atoms with van der Waals surface area (Å²) in [6.07, 6.45) is 2.49. The number of hydrogen-bond donors (Lipinski definition) is 7. The summed E-state index contributed by atoms with van der Waals surface area (Å²) in [7, 11) is 0. The molecule has 0 radical (unpaired) electrons. The average molecular weight is 738 g/mol. The maximum atomic E-state index is 12.7. The van der Waals surface area contributed by atoms with E-state index in [9.17, 15) is 33.9 Å². The summed E-state index contributed by atoms with van der Waals surface area (Å²) in [6, 6.07) is 5.03. The van der Waals surface area contributed by atoms with Crippen molar-refractivity contribution >= 4 is 46.3 Å². The van der Waals surface area contributed by atoms with Crippen LogP contribution in [-0.2, 0) is 30.3 Å². The van der Waals surface area contributed by atoms with Crippen molar-refractivity contribution in [3.63, 3.8) is 0 Å². The highest BCUT2D eigenvalue weighted by atomic mass is 16.5. The molecule has 8 N–H and O–H groups in total. The fourth-order valence-electron chi connectivity index (χ4n) is 4.90. The second kappa shape index (κ2) is 20.3. The molecule has 19 heteroatoms. The minimum atomic E-state index is -1.27. The van der Waals surface area contributed by atoms with Crippen LogP contribution in [0.2, 0.25) is 0 Å². The number of aromatic amines is 1. The van der Waals surface area contributed by atoms with E-state index in [-0.39, 0.29) is 48.0 Å². The van der Waals surface area contributed by atoms with E-state index in [0.29, 0.717) is 88.2 Å². The number of carbonyl (C=O) groups excluding carboxylic acids is 2. The van der Waals surface area contributed by atoms with Crippen LogP contribution in [0.15, 0.2) is 44.8 Å². The molecular weight excluding hydrogens is 694 g/mol. The zero-order valence-electron chi connectivity index (χ0n) is 29.2. The van der Waals surface area contributed by atoms with E-state index in [2.05, 4.69) is 41.2 Å². The van der Waals surface area contributed by atoms with Gasteiger partial charge in [-0.15, -0.1) is 0 Å². The number of nitrogens with one attached hydrogen (secondary N) is 5. The van der Waals surface area contributed by atoms with Gasteiger partial charge >= 0.3 is 5.97 Å². The van der Waals surface area contributed by atoms with Crippen LogP contribution in [0, 0.1) is 6.92 Å². The molecule has 53 heavy (non-hydrogen) atoms. The summed E-state index contributed by atoms with van der Waals surface area (Å²) in [5.41, 5.74) is 6.49. The Kier molecular flexibility index (Phi) is 15.3. The fraction of sp³-hybridized carbons (Fsp3) is 0.441. The Bertz CT molecular complexity index is 1980. The molecule has 1 atom stereocenters. The summed E-state index contributed by atoms with van der Waals surface area (Å²) in [6.45, 7) is 5.16. The third-order valence-corrected chi connectivity index (χ3v) is 7.82. The molecular formula is C34H43N9O10. The lowest BCUT2D eigenvalue weighted by Gasteiger charge is -2.15. The highest BCUT2D eigenvalue weighted by Gasteiger charge is 2.22. The van der Waals surface area contributed by atoms with Gasteiger partial charge in [0.2, 0.25) is 22.7 Å². The van der Waals surface area contributed by atoms with Crippen molar-refractivity contribution in [2.45, 2.75) is 45.2 Å². The first-order chi connectivity index (χ1) is 25.5. The lowest BCUT2D eigenvalue weighted by molar-refractivity contribution is -0.139. The predicted octanol–water partition coefficient (Wildman–Crippen LogP) is -0.167. The number of aliphatic carboxylic acids is 1. The predicted molar refractivity (Wildman–Crippen MR) is 194 cm³/mol. The molecule has 2 heterocycles. The number of anilines is 3. The number of carboxylic acid groups (broad SMARTS) is 1. The van der Waals surface area contributed by atoms with Crippen molar-refractivity contribution in [2.75, 3.05) is 69.1 Å². The Morgan fingerprint density at radius 1 is 0.887 bits per heavy atom. The maximum absolute atomic E-state index is 12.7. The largest absolute Gasteiger partial charge is 0.480 e. The molecule has 0 aliphatic carbocycles. The van der Waals surface area contributed by atoms with Gasteiger partial charge in [-0.25, -0.2) is 14.8 Å². The standard InChI is InChI=1S/C34H43N9O10/c1-20-26(29(46)28(20)45)37-11-3-13-52-15-17-53-16-14-51-12-2-10-36-25(44)9-8-24(33(49)50)41-31(47)21-4-6-22(7-5-21)38-18-23-19-39-30-27(40-23)32(48)43-34(35)42-30/h4-7,19,24,37-38H,2-3,8-18H2,1H3,(H,36,44)(H,41,47)(H,49,50)(H3,35,39,42,43,48)/t24-/m0/s1. The van der Waals surface area contributed by atoms with Gasteiger partial charge in [-0.3, -0.25) is 29.0 Å². The Balaban J connectivity index is 1.01. The van der Waals surface area contributed by atoms with Gasteiger partial charge < -0.3 is 46.3 Å². The smallest absolute Gasteiger partial charge is 0.326 e. The van der Waals surface area contributed by atoms with Crippen LogP contribution in [0.4, 0.5) is 17.3 Å². The second-order valence-electron chi connectivity index (χ2n) is 11.8. The number of nitrogen functional groups attached to an aromatic ring is 1. The van der Waals surface area contributed by atoms with Crippen molar-refractivity contribution in [1.82, 2.24) is 30.6 Å². The SMILES string of the molecule is Cc1c(NCCCOCCOCCOCCCNC(=O)CC[C@H](NC(=O)c2ccc(NCc3cnc4nc(N)[nH]c(=O)c4n3)cc2)C(=O)O)c(=O)c1=O. The average Bonchev–Trinajstić information content (AvgIpc) is 3.15. The first-order valence-electron chi connectivity index (χ1n) is 17.0. The first-order valence-corrected chi connectivity index (χ1v) is 17.0. The number of fused-ring (bicyclic) bond motifs is 1. The normalized spacial score (nSPS) is 11.7.